The van der Waals surface area contributed by atoms with E-state index in [-0.39, 0.29) is 11.2 Å². The standard InChI is InChI=1S/C13H8BrFN2O/c14-8-3-1-4-9(7-8)17-12-10(15)5-2-6-11(12)16-13(17)18/h1-7H,(H,16,18). The third-order valence-corrected chi connectivity index (χ3v) is 3.21. The number of hydrogen-bond acceptors (Lipinski definition) is 1. The lowest BCUT2D eigenvalue weighted by atomic mass is 10.2. The van der Waals surface area contributed by atoms with Crippen LogP contribution in [0, 0.1) is 5.82 Å². The van der Waals surface area contributed by atoms with Crippen LogP contribution in [0.1, 0.15) is 0 Å². The zero-order chi connectivity index (χ0) is 12.7. The van der Waals surface area contributed by atoms with Crippen molar-refractivity contribution < 1.29 is 4.39 Å². The quantitative estimate of drug-likeness (QED) is 0.736. The van der Waals surface area contributed by atoms with Crippen molar-refractivity contribution in [2.75, 3.05) is 0 Å². The Balaban J connectivity index is 2.42. The Hall–Kier alpha value is -1.88. The van der Waals surface area contributed by atoms with Crippen molar-refractivity contribution in [3.05, 3.63) is 63.2 Å². The van der Waals surface area contributed by atoms with Crippen molar-refractivity contribution in [3.63, 3.8) is 0 Å². The molecule has 3 nitrogen and oxygen atoms in total. The molecular weight excluding hydrogens is 299 g/mol. The van der Waals surface area contributed by atoms with Gasteiger partial charge in [0.05, 0.1) is 11.2 Å². The Bertz CT molecular complexity index is 791. The predicted octanol–water partition coefficient (Wildman–Crippen LogP) is 3.22. The summed E-state index contributed by atoms with van der Waals surface area (Å²) in [6.45, 7) is 0. The number of rotatable bonds is 1. The number of nitrogens with one attached hydrogen (secondary N) is 1. The van der Waals surface area contributed by atoms with Crippen molar-refractivity contribution in [2.45, 2.75) is 0 Å². The number of aromatic nitrogens is 2. The number of para-hydroxylation sites is 1. The van der Waals surface area contributed by atoms with Crippen LogP contribution in [0.25, 0.3) is 16.7 Å². The number of fused-ring (bicyclic) bond motifs is 1. The molecule has 18 heavy (non-hydrogen) atoms. The van der Waals surface area contributed by atoms with Gasteiger partial charge in [-0.2, -0.15) is 0 Å². The number of aromatic amines is 1. The van der Waals surface area contributed by atoms with Gasteiger partial charge < -0.3 is 4.98 Å². The molecule has 1 aromatic heterocycles. The molecule has 3 rings (SSSR count). The summed E-state index contributed by atoms with van der Waals surface area (Å²) in [4.78, 5) is 14.6. The van der Waals surface area contributed by atoms with E-state index < -0.39 is 5.82 Å². The summed E-state index contributed by atoms with van der Waals surface area (Å²) < 4.78 is 16.0. The molecule has 0 bridgehead atoms. The van der Waals surface area contributed by atoms with E-state index in [2.05, 4.69) is 20.9 Å². The second-order valence-corrected chi connectivity index (χ2v) is 4.80. The maximum Gasteiger partial charge on any atom is 0.331 e. The first-order valence-corrected chi connectivity index (χ1v) is 6.11. The van der Waals surface area contributed by atoms with Gasteiger partial charge in [-0.1, -0.05) is 28.1 Å². The molecule has 0 aliphatic carbocycles. The molecular formula is C13H8BrFN2O. The molecule has 0 aliphatic heterocycles. The molecule has 5 heteroatoms. The summed E-state index contributed by atoms with van der Waals surface area (Å²) in [6, 6.07) is 11.7. The first kappa shape index (κ1) is 11.2. The van der Waals surface area contributed by atoms with Crippen LogP contribution in [-0.2, 0) is 0 Å². The monoisotopic (exact) mass is 306 g/mol. The normalized spacial score (nSPS) is 11.0. The van der Waals surface area contributed by atoms with Crippen molar-refractivity contribution in [1.29, 1.82) is 0 Å². The van der Waals surface area contributed by atoms with E-state index in [1.54, 1.807) is 30.3 Å². The molecule has 0 fully saturated rings. The van der Waals surface area contributed by atoms with Crippen LogP contribution in [0.2, 0.25) is 0 Å². The van der Waals surface area contributed by atoms with Crippen LogP contribution in [0.4, 0.5) is 4.39 Å². The molecule has 0 saturated heterocycles. The maximum atomic E-state index is 13.9. The zero-order valence-corrected chi connectivity index (χ0v) is 10.7. The second-order valence-electron chi connectivity index (χ2n) is 3.88. The fraction of sp³-hybridized carbons (Fsp3) is 0. The average molecular weight is 307 g/mol. The van der Waals surface area contributed by atoms with Crippen molar-refractivity contribution >= 4 is 27.0 Å². The number of imidazole rings is 1. The predicted molar refractivity (Wildman–Crippen MR) is 71.6 cm³/mol. The maximum absolute atomic E-state index is 13.9. The van der Waals surface area contributed by atoms with E-state index in [0.29, 0.717) is 11.2 Å². The fourth-order valence-corrected chi connectivity index (χ4v) is 2.36. The van der Waals surface area contributed by atoms with E-state index in [0.717, 1.165) is 4.47 Å². The minimum absolute atomic E-state index is 0.264. The van der Waals surface area contributed by atoms with Gasteiger partial charge >= 0.3 is 5.69 Å². The summed E-state index contributed by atoms with van der Waals surface area (Å²) in [5.41, 5.74) is 1.01. The first-order valence-electron chi connectivity index (χ1n) is 5.32. The van der Waals surface area contributed by atoms with Crippen LogP contribution in [0.5, 0.6) is 0 Å². The third-order valence-electron chi connectivity index (χ3n) is 2.72. The van der Waals surface area contributed by atoms with Gasteiger partial charge in [0.15, 0.2) is 0 Å². The van der Waals surface area contributed by atoms with E-state index in [1.165, 1.54) is 10.6 Å². The topological polar surface area (TPSA) is 37.8 Å². The highest BCUT2D eigenvalue weighted by molar-refractivity contribution is 9.10. The summed E-state index contributed by atoms with van der Waals surface area (Å²) in [6.07, 6.45) is 0. The lowest BCUT2D eigenvalue weighted by Gasteiger charge is -2.04. The second kappa shape index (κ2) is 4.10. The van der Waals surface area contributed by atoms with Gasteiger partial charge in [0.1, 0.15) is 11.3 Å². The van der Waals surface area contributed by atoms with Gasteiger partial charge in [-0.3, -0.25) is 4.57 Å². The molecule has 0 saturated carbocycles. The summed E-state index contributed by atoms with van der Waals surface area (Å²) in [5.74, 6) is -0.425. The number of hydrogen-bond donors (Lipinski definition) is 1. The van der Waals surface area contributed by atoms with Gasteiger partial charge in [0, 0.05) is 4.47 Å². The number of benzene rings is 2. The highest BCUT2D eigenvalue weighted by Crippen LogP contribution is 2.20. The molecule has 2 aromatic carbocycles. The van der Waals surface area contributed by atoms with Gasteiger partial charge in [-0.15, -0.1) is 0 Å². The van der Waals surface area contributed by atoms with Crippen molar-refractivity contribution in [3.8, 4) is 5.69 Å². The number of H-pyrrole nitrogens is 1. The highest BCUT2D eigenvalue weighted by Gasteiger charge is 2.12. The summed E-state index contributed by atoms with van der Waals surface area (Å²) >= 11 is 3.34. The van der Waals surface area contributed by atoms with Crippen molar-refractivity contribution in [1.82, 2.24) is 9.55 Å². The van der Waals surface area contributed by atoms with Gasteiger partial charge in [0.2, 0.25) is 0 Å². The fourth-order valence-electron chi connectivity index (χ4n) is 1.98. The molecule has 0 atom stereocenters. The summed E-state index contributed by atoms with van der Waals surface area (Å²) in [7, 11) is 0. The zero-order valence-electron chi connectivity index (χ0n) is 9.15. The molecule has 1 N–H and O–H groups in total. The molecule has 0 amide bonds. The number of nitrogens with zero attached hydrogens (tertiary/aromatic N) is 1. The molecule has 0 aliphatic rings. The first-order chi connectivity index (χ1) is 8.66. The van der Waals surface area contributed by atoms with Crippen LogP contribution < -0.4 is 5.69 Å². The largest absolute Gasteiger partial charge is 0.331 e. The third kappa shape index (κ3) is 1.67. The molecule has 90 valence electrons. The Morgan fingerprint density at radius 2 is 1.94 bits per heavy atom. The summed E-state index contributed by atoms with van der Waals surface area (Å²) in [5, 5.41) is 0. The van der Waals surface area contributed by atoms with Crippen molar-refractivity contribution in [2.24, 2.45) is 0 Å². The smallest absolute Gasteiger partial charge is 0.305 e. The Morgan fingerprint density at radius 3 is 2.72 bits per heavy atom. The molecule has 3 aromatic rings. The molecule has 0 radical (unpaired) electrons. The van der Waals surface area contributed by atoms with Gasteiger partial charge in [-0.05, 0) is 30.3 Å². The minimum atomic E-state index is -0.425. The van der Waals surface area contributed by atoms with Crippen LogP contribution in [-0.4, -0.2) is 9.55 Å². The van der Waals surface area contributed by atoms with Crippen LogP contribution in [0.3, 0.4) is 0 Å². The SMILES string of the molecule is O=c1[nH]c2cccc(F)c2n1-c1cccc(Br)c1. The Kier molecular flexibility index (Phi) is 2.56. The van der Waals surface area contributed by atoms with E-state index >= 15 is 0 Å². The Labute approximate surface area is 110 Å². The lowest BCUT2D eigenvalue weighted by Crippen LogP contribution is -2.14. The molecule has 0 spiro atoms. The van der Waals surface area contributed by atoms with Gasteiger partial charge in [-0.25, -0.2) is 9.18 Å². The van der Waals surface area contributed by atoms with E-state index in [4.69, 9.17) is 0 Å². The lowest BCUT2D eigenvalue weighted by molar-refractivity contribution is 0.634. The Morgan fingerprint density at radius 1 is 1.17 bits per heavy atom. The molecule has 0 unspecified atom stereocenters. The molecule has 1 heterocycles. The number of halogens is 2. The van der Waals surface area contributed by atoms with Crippen LogP contribution >= 0.6 is 15.9 Å². The van der Waals surface area contributed by atoms with E-state index in [9.17, 15) is 9.18 Å². The van der Waals surface area contributed by atoms with Crippen LogP contribution in [0.15, 0.2) is 51.7 Å². The van der Waals surface area contributed by atoms with Gasteiger partial charge in [0.25, 0.3) is 0 Å². The van der Waals surface area contributed by atoms with E-state index in [1.807, 2.05) is 6.07 Å². The highest BCUT2D eigenvalue weighted by atomic mass is 79.9. The minimum Gasteiger partial charge on any atom is -0.305 e. The average Bonchev–Trinajstić information content (AvgIpc) is 2.67.